The van der Waals surface area contributed by atoms with Gasteiger partial charge >= 0.3 is 0 Å². The van der Waals surface area contributed by atoms with Gasteiger partial charge in [-0.25, -0.2) is 4.98 Å². The van der Waals surface area contributed by atoms with Crippen LogP contribution in [0, 0.1) is 6.92 Å². The maximum absolute atomic E-state index is 13.3. The van der Waals surface area contributed by atoms with E-state index in [-0.39, 0.29) is 18.1 Å². The van der Waals surface area contributed by atoms with Crippen LogP contribution in [-0.4, -0.2) is 33.5 Å². The zero-order valence-corrected chi connectivity index (χ0v) is 19.3. The Kier molecular flexibility index (Phi) is 6.07. The maximum Gasteiger partial charge on any atom is 0.262 e. The summed E-state index contributed by atoms with van der Waals surface area (Å²) in [4.78, 5) is 34.1. The van der Waals surface area contributed by atoms with Crippen LogP contribution in [0.4, 0.5) is 0 Å². The number of fused-ring (bicyclic) bond motifs is 3. The molecule has 0 saturated carbocycles. The number of carbonyl (C=O) groups excluding carboxylic acids is 1. The van der Waals surface area contributed by atoms with E-state index in [9.17, 15) is 9.59 Å². The van der Waals surface area contributed by atoms with Crippen molar-refractivity contribution in [2.75, 3.05) is 13.2 Å². The molecule has 0 bridgehead atoms. The van der Waals surface area contributed by atoms with Crippen molar-refractivity contribution in [2.45, 2.75) is 33.0 Å². The minimum Gasteiger partial charge on any atom is -0.367 e. The van der Waals surface area contributed by atoms with Crippen LogP contribution in [0.25, 0.3) is 10.2 Å². The van der Waals surface area contributed by atoms with Gasteiger partial charge in [-0.2, -0.15) is 0 Å². The molecule has 0 aliphatic carbocycles. The molecule has 168 valence electrons. The fourth-order valence-electron chi connectivity index (χ4n) is 4.27. The van der Waals surface area contributed by atoms with E-state index in [0.29, 0.717) is 38.0 Å². The van der Waals surface area contributed by atoms with Gasteiger partial charge in [0.25, 0.3) is 5.56 Å². The van der Waals surface area contributed by atoms with Gasteiger partial charge in [-0.15, -0.1) is 11.3 Å². The molecule has 0 atom stereocenters. The van der Waals surface area contributed by atoms with Crippen LogP contribution < -0.4 is 5.56 Å². The van der Waals surface area contributed by atoms with Gasteiger partial charge in [-0.05, 0) is 30.0 Å². The molecular weight excluding hydrogens is 434 g/mol. The molecule has 1 aliphatic rings. The molecule has 0 unspecified atom stereocenters. The van der Waals surface area contributed by atoms with E-state index in [4.69, 9.17) is 4.74 Å². The van der Waals surface area contributed by atoms with Crippen molar-refractivity contribution in [3.05, 3.63) is 98.4 Å². The predicted molar refractivity (Wildman–Crippen MR) is 129 cm³/mol. The fourth-order valence-corrected chi connectivity index (χ4v) is 5.47. The molecule has 0 radical (unpaired) electrons. The summed E-state index contributed by atoms with van der Waals surface area (Å²) >= 11 is 1.51. The Morgan fingerprint density at radius 3 is 2.76 bits per heavy atom. The number of ether oxygens (including phenoxy) is 1. The van der Waals surface area contributed by atoms with Gasteiger partial charge in [-0.1, -0.05) is 60.2 Å². The van der Waals surface area contributed by atoms with Crippen molar-refractivity contribution in [1.29, 1.82) is 0 Å². The van der Waals surface area contributed by atoms with Crippen LogP contribution >= 0.6 is 11.3 Å². The van der Waals surface area contributed by atoms with Gasteiger partial charge in [0.1, 0.15) is 11.4 Å². The largest absolute Gasteiger partial charge is 0.367 e. The number of aromatic nitrogens is 2. The number of nitrogens with zero attached hydrogens (tertiary/aromatic N) is 3. The van der Waals surface area contributed by atoms with Crippen LogP contribution in [0.15, 0.2) is 65.7 Å². The third-order valence-electron chi connectivity index (χ3n) is 5.95. The van der Waals surface area contributed by atoms with Gasteiger partial charge in [0, 0.05) is 11.4 Å². The number of thiophene rings is 1. The molecule has 6 nitrogen and oxygen atoms in total. The van der Waals surface area contributed by atoms with Crippen molar-refractivity contribution in [2.24, 2.45) is 0 Å². The Labute approximate surface area is 196 Å². The SMILES string of the molecule is Cc1cccc(Cn2cnc3sc4c(c3c2=O)CCN(C(=O)COCc2ccccc2)C4)c1. The van der Waals surface area contributed by atoms with E-state index in [0.717, 1.165) is 26.4 Å². The van der Waals surface area contributed by atoms with E-state index in [2.05, 4.69) is 11.1 Å². The van der Waals surface area contributed by atoms with Crippen molar-refractivity contribution in [3.8, 4) is 0 Å². The molecule has 5 rings (SSSR count). The summed E-state index contributed by atoms with van der Waals surface area (Å²) in [5.74, 6) is -0.0288. The molecule has 7 heteroatoms. The van der Waals surface area contributed by atoms with E-state index >= 15 is 0 Å². The van der Waals surface area contributed by atoms with Crippen LogP contribution in [0.5, 0.6) is 0 Å². The molecule has 0 spiro atoms. The molecular formula is C26H25N3O3S. The first kappa shape index (κ1) is 21.6. The topological polar surface area (TPSA) is 64.4 Å². The Morgan fingerprint density at radius 2 is 1.94 bits per heavy atom. The number of hydrogen-bond donors (Lipinski definition) is 0. The maximum atomic E-state index is 13.3. The van der Waals surface area contributed by atoms with Gasteiger partial charge in [0.05, 0.1) is 31.4 Å². The lowest BCUT2D eigenvalue weighted by atomic mass is 10.1. The lowest BCUT2D eigenvalue weighted by Gasteiger charge is -2.27. The summed E-state index contributed by atoms with van der Waals surface area (Å²) in [6.07, 6.45) is 2.29. The van der Waals surface area contributed by atoms with E-state index in [1.54, 1.807) is 10.9 Å². The third-order valence-corrected chi connectivity index (χ3v) is 7.08. The normalized spacial score (nSPS) is 13.3. The average Bonchev–Trinajstić information content (AvgIpc) is 3.20. The van der Waals surface area contributed by atoms with Crippen molar-refractivity contribution in [3.63, 3.8) is 0 Å². The average molecular weight is 460 g/mol. The second kappa shape index (κ2) is 9.29. The summed E-state index contributed by atoms with van der Waals surface area (Å²) in [6, 6.07) is 18.0. The van der Waals surface area contributed by atoms with Gasteiger partial charge in [0.15, 0.2) is 0 Å². The highest BCUT2D eigenvalue weighted by Crippen LogP contribution is 2.32. The van der Waals surface area contributed by atoms with Crippen LogP contribution in [0.3, 0.4) is 0 Å². The highest BCUT2D eigenvalue weighted by Gasteiger charge is 2.26. The van der Waals surface area contributed by atoms with Gasteiger partial charge < -0.3 is 9.64 Å². The quantitative estimate of drug-likeness (QED) is 0.439. The summed E-state index contributed by atoms with van der Waals surface area (Å²) in [5, 5.41) is 0.706. The zero-order valence-electron chi connectivity index (χ0n) is 18.5. The van der Waals surface area contributed by atoms with Crippen LogP contribution in [0.1, 0.15) is 27.1 Å². The predicted octanol–water partition coefficient (Wildman–Crippen LogP) is 3.92. The Hall–Kier alpha value is -3.29. The summed E-state index contributed by atoms with van der Waals surface area (Å²) in [6.45, 7) is 4.09. The number of benzene rings is 2. The molecule has 0 N–H and O–H groups in total. The van der Waals surface area contributed by atoms with E-state index < -0.39 is 0 Å². The van der Waals surface area contributed by atoms with Crippen LogP contribution in [0.2, 0.25) is 0 Å². The summed E-state index contributed by atoms with van der Waals surface area (Å²) < 4.78 is 7.31. The number of carbonyl (C=O) groups is 1. The van der Waals surface area contributed by atoms with Crippen LogP contribution in [-0.2, 0) is 35.6 Å². The lowest BCUT2D eigenvalue weighted by molar-refractivity contribution is -0.137. The molecule has 1 amide bonds. The number of amides is 1. The fraction of sp³-hybridized carbons (Fsp3) is 0.269. The molecule has 3 heterocycles. The minimum absolute atomic E-state index is 0.00928. The highest BCUT2D eigenvalue weighted by molar-refractivity contribution is 7.18. The Bertz CT molecular complexity index is 1360. The summed E-state index contributed by atoms with van der Waals surface area (Å²) in [7, 11) is 0. The number of rotatable bonds is 6. The first-order chi connectivity index (χ1) is 16.1. The molecule has 2 aromatic heterocycles. The van der Waals surface area contributed by atoms with Crippen molar-refractivity contribution < 1.29 is 9.53 Å². The molecule has 0 fully saturated rings. The smallest absolute Gasteiger partial charge is 0.262 e. The second-order valence-electron chi connectivity index (χ2n) is 8.39. The lowest BCUT2D eigenvalue weighted by Crippen LogP contribution is -2.37. The second-order valence-corrected chi connectivity index (χ2v) is 9.48. The summed E-state index contributed by atoms with van der Waals surface area (Å²) in [5.41, 5.74) is 4.32. The van der Waals surface area contributed by atoms with E-state index in [1.165, 1.54) is 16.9 Å². The zero-order chi connectivity index (χ0) is 22.8. The number of hydrogen-bond acceptors (Lipinski definition) is 5. The van der Waals surface area contributed by atoms with Gasteiger partial charge in [-0.3, -0.25) is 14.2 Å². The Morgan fingerprint density at radius 1 is 1.12 bits per heavy atom. The molecule has 4 aromatic rings. The Balaban J connectivity index is 1.30. The standard InChI is InChI=1S/C26H25N3O3S/c1-18-6-5-9-20(12-18)13-29-17-27-25-24(26(29)31)21-10-11-28(14-22(21)33-25)23(30)16-32-15-19-7-3-2-4-8-19/h2-9,12,17H,10-11,13-16H2,1H3. The molecule has 0 saturated heterocycles. The van der Waals surface area contributed by atoms with Crippen molar-refractivity contribution in [1.82, 2.24) is 14.5 Å². The molecule has 33 heavy (non-hydrogen) atoms. The van der Waals surface area contributed by atoms with E-state index in [1.807, 2.05) is 60.4 Å². The molecule has 2 aromatic carbocycles. The first-order valence-corrected chi connectivity index (χ1v) is 11.8. The monoisotopic (exact) mass is 459 g/mol. The molecule has 1 aliphatic heterocycles. The third kappa shape index (κ3) is 4.60. The highest BCUT2D eigenvalue weighted by atomic mass is 32.1. The van der Waals surface area contributed by atoms with Gasteiger partial charge in [0.2, 0.25) is 5.91 Å². The van der Waals surface area contributed by atoms with Crippen molar-refractivity contribution >= 4 is 27.5 Å². The number of aryl methyl sites for hydroxylation is 1. The minimum atomic E-state index is -0.0288. The first-order valence-electron chi connectivity index (χ1n) is 11.0.